The smallest absolute Gasteiger partial charge is 0.109 e. The third kappa shape index (κ3) is 2.42. The molecule has 120 valence electrons. The zero-order valence-electron chi connectivity index (χ0n) is 12.7. The number of hydrogen-bond acceptors (Lipinski definition) is 4. The van der Waals surface area contributed by atoms with Crippen LogP contribution in [0.1, 0.15) is 5.69 Å². The fourth-order valence-electron chi connectivity index (χ4n) is 2.34. The maximum absolute atomic E-state index is 5.76. The van der Waals surface area contributed by atoms with Gasteiger partial charge in [-0.2, -0.15) is 19.2 Å². The van der Waals surface area contributed by atoms with Crippen LogP contribution >= 0.6 is 11.8 Å². The summed E-state index contributed by atoms with van der Waals surface area (Å²) in [6.07, 6.45) is 5.21. The van der Waals surface area contributed by atoms with Gasteiger partial charge in [-0.15, -0.1) is 14.4 Å². The predicted molar refractivity (Wildman–Crippen MR) is 89.3 cm³/mol. The number of rotatable bonds is 1. The van der Waals surface area contributed by atoms with Crippen molar-refractivity contribution in [1.29, 1.82) is 0 Å². The molecule has 0 spiro atoms. The van der Waals surface area contributed by atoms with Crippen LogP contribution in [0.5, 0.6) is 0 Å². The Morgan fingerprint density at radius 2 is 1.75 bits per heavy atom. The molecular weight excluding hydrogens is 328 g/mol. The predicted octanol–water partition coefficient (Wildman–Crippen LogP) is 2.36. The summed E-state index contributed by atoms with van der Waals surface area (Å²) in [5, 5.41) is 15.8. The van der Waals surface area contributed by atoms with E-state index in [1.165, 1.54) is 8.83 Å². The highest BCUT2D eigenvalue weighted by Gasteiger charge is 2.03. The molecule has 4 aromatic heterocycles. The average Bonchev–Trinajstić information content (AvgIpc) is 3.34. The van der Waals surface area contributed by atoms with Gasteiger partial charge in [0, 0.05) is 11.8 Å². The number of nitrogens with zero attached hydrogens (tertiary/aromatic N) is 8. The van der Waals surface area contributed by atoms with Crippen LogP contribution in [0.25, 0.3) is 16.7 Å². The summed E-state index contributed by atoms with van der Waals surface area (Å²) in [6, 6.07) is 13.8. The van der Waals surface area contributed by atoms with E-state index in [9.17, 15) is 0 Å². The number of benzene rings is 1. The van der Waals surface area contributed by atoms with Crippen molar-refractivity contribution in [1.82, 2.24) is 38.8 Å². The van der Waals surface area contributed by atoms with Crippen molar-refractivity contribution in [2.24, 2.45) is 0 Å². The Morgan fingerprint density at radius 1 is 0.917 bits per heavy atom. The van der Waals surface area contributed by atoms with Gasteiger partial charge in [0.05, 0.1) is 30.0 Å². The number of aryl methyl sites for hydroxylation is 1. The van der Waals surface area contributed by atoms with E-state index < -0.39 is 0 Å². The second-order valence-corrected chi connectivity index (χ2v) is 5.43. The third-order valence-corrected chi connectivity index (χ3v) is 3.90. The lowest BCUT2D eigenvalue weighted by Crippen LogP contribution is -2.05. The van der Waals surface area contributed by atoms with Crippen molar-refractivity contribution in [3.63, 3.8) is 0 Å². The van der Waals surface area contributed by atoms with Gasteiger partial charge in [0.25, 0.3) is 0 Å². The van der Waals surface area contributed by atoms with Crippen LogP contribution in [0.4, 0.5) is 0 Å². The van der Waals surface area contributed by atoms with E-state index in [1.54, 1.807) is 28.0 Å². The Kier molecular flexibility index (Phi) is 3.51. The summed E-state index contributed by atoms with van der Waals surface area (Å²) in [6.45, 7) is 1.90. The van der Waals surface area contributed by atoms with Gasteiger partial charge in [-0.25, -0.2) is 0 Å². The van der Waals surface area contributed by atoms with E-state index in [-0.39, 0.29) is 0 Å². The molecular formula is C15H13ClN8. The zero-order chi connectivity index (χ0) is 16.5. The molecule has 0 amide bonds. The van der Waals surface area contributed by atoms with Crippen molar-refractivity contribution in [3.05, 3.63) is 66.7 Å². The largest absolute Gasteiger partial charge is 0.175 e. The fourth-order valence-corrected chi connectivity index (χ4v) is 2.51. The van der Waals surface area contributed by atoms with Gasteiger partial charge in [-0.1, -0.05) is 18.2 Å². The number of aromatic nitrogens is 8. The fraction of sp³-hybridized carbons (Fsp3) is 0.0667. The Morgan fingerprint density at radius 3 is 2.54 bits per heavy atom. The maximum atomic E-state index is 5.76. The van der Waals surface area contributed by atoms with E-state index in [1.807, 2.05) is 49.4 Å². The van der Waals surface area contributed by atoms with Gasteiger partial charge in [0.15, 0.2) is 0 Å². The molecule has 0 bridgehead atoms. The molecule has 5 aromatic rings. The first-order chi connectivity index (χ1) is 11.7. The normalized spacial score (nSPS) is 10.9. The van der Waals surface area contributed by atoms with Crippen molar-refractivity contribution >= 4 is 22.8 Å². The van der Waals surface area contributed by atoms with Crippen molar-refractivity contribution in [2.75, 3.05) is 0 Å². The summed E-state index contributed by atoms with van der Waals surface area (Å²) in [4.78, 5) is 1.76. The molecule has 24 heavy (non-hydrogen) atoms. The van der Waals surface area contributed by atoms with Crippen LogP contribution in [-0.4, -0.2) is 38.8 Å². The molecule has 0 fully saturated rings. The van der Waals surface area contributed by atoms with Crippen LogP contribution in [0.3, 0.4) is 0 Å². The number of halogens is 1. The molecule has 8 nitrogen and oxygen atoms in total. The van der Waals surface area contributed by atoms with Gasteiger partial charge in [0.1, 0.15) is 11.0 Å². The van der Waals surface area contributed by atoms with Gasteiger partial charge in [-0.05, 0) is 36.4 Å². The second-order valence-electron chi connectivity index (χ2n) is 5.11. The molecule has 0 saturated heterocycles. The SMILES string of the molecule is Cc1cc2cnnn2n1Cl.c1ccc(-n2ncc3ccnn32)cc1. The molecule has 0 aliphatic carbocycles. The lowest BCUT2D eigenvalue weighted by Gasteiger charge is -2.00. The van der Waals surface area contributed by atoms with Crippen molar-refractivity contribution in [3.8, 4) is 5.69 Å². The highest BCUT2D eigenvalue weighted by Crippen LogP contribution is 2.08. The summed E-state index contributed by atoms with van der Waals surface area (Å²) in [5.74, 6) is 0. The quantitative estimate of drug-likeness (QED) is 0.469. The lowest BCUT2D eigenvalue weighted by molar-refractivity contribution is 0.631. The van der Waals surface area contributed by atoms with E-state index in [4.69, 9.17) is 11.8 Å². The maximum Gasteiger partial charge on any atom is 0.109 e. The Bertz CT molecular complexity index is 1080. The standard InChI is InChI=1S/C10H8N4.C5H5ClN4/c1-2-4-9(5-3-1)13-12-8-10-6-7-11-14(10)13;1-4-2-5-3-7-8-10(5)9(4)6/h1-8H;2-3H,1H3. The van der Waals surface area contributed by atoms with E-state index in [0.29, 0.717) is 0 Å². The minimum atomic E-state index is 0.910. The average molecular weight is 341 g/mol. The highest BCUT2D eigenvalue weighted by molar-refractivity contribution is 6.15. The zero-order valence-corrected chi connectivity index (χ0v) is 13.5. The molecule has 0 N–H and O–H groups in total. The Balaban J connectivity index is 0.000000129. The second kappa shape index (κ2) is 5.82. The first-order valence-corrected chi connectivity index (χ1v) is 7.56. The molecule has 9 heteroatoms. The Labute approximate surface area is 141 Å². The molecule has 0 atom stereocenters. The highest BCUT2D eigenvalue weighted by atomic mass is 35.5. The van der Waals surface area contributed by atoms with Crippen molar-refractivity contribution < 1.29 is 0 Å². The van der Waals surface area contributed by atoms with E-state index in [0.717, 1.165) is 22.4 Å². The number of hydrogen-bond donors (Lipinski definition) is 0. The molecule has 1 aromatic carbocycles. The summed E-state index contributed by atoms with van der Waals surface area (Å²) >= 11 is 5.76. The third-order valence-electron chi connectivity index (χ3n) is 3.49. The summed E-state index contributed by atoms with van der Waals surface area (Å²) < 4.78 is 4.70. The molecule has 4 heterocycles. The molecule has 0 aliphatic heterocycles. The Hall–Kier alpha value is -3.13. The van der Waals surface area contributed by atoms with Gasteiger partial charge >= 0.3 is 0 Å². The van der Waals surface area contributed by atoms with Crippen LogP contribution in [0, 0.1) is 6.92 Å². The van der Waals surface area contributed by atoms with Crippen LogP contribution in [0.2, 0.25) is 0 Å². The summed E-state index contributed by atoms with van der Waals surface area (Å²) in [5.41, 5.74) is 3.86. The van der Waals surface area contributed by atoms with Gasteiger partial charge in [-0.3, -0.25) is 0 Å². The minimum Gasteiger partial charge on any atom is -0.175 e. The lowest BCUT2D eigenvalue weighted by atomic mass is 10.3. The number of para-hydroxylation sites is 1. The monoisotopic (exact) mass is 340 g/mol. The molecule has 0 unspecified atom stereocenters. The number of fused-ring (bicyclic) bond motifs is 2. The molecule has 0 radical (unpaired) electrons. The first-order valence-electron chi connectivity index (χ1n) is 7.23. The summed E-state index contributed by atoms with van der Waals surface area (Å²) in [7, 11) is 0. The first kappa shape index (κ1) is 14.5. The topological polar surface area (TPSA) is 70.2 Å². The van der Waals surface area contributed by atoms with Crippen molar-refractivity contribution in [2.45, 2.75) is 6.92 Å². The van der Waals surface area contributed by atoms with Gasteiger partial charge < -0.3 is 0 Å². The van der Waals surface area contributed by atoms with Crippen LogP contribution in [0.15, 0.2) is 61.1 Å². The molecule has 0 saturated carbocycles. The van der Waals surface area contributed by atoms with Crippen LogP contribution in [-0.2, 0) is 0 Å². The minimum absolute atomic E-state index is 0.910. The molecule has 5 rings (SSSR count). The van der Waals surface area contributed by atoms with Crippen LogP contribution < -0.4 is 0 Å². The van der Waals surface area contributed by atoms with E-state index in [2.05, 4.69) is 20.5 Å². The van der Waals surface area contributed by atoms with Gasteiger partial charge in [0.2, 0.25) is 0 Å². The van der Waals surface area contributed by atoms with E-state index >= 15 is 0 Å². The molecule has 0 aliphatic rings.